The summed E-state index contributed by atoms with van der Waals surface area (Å²) in [5.74, 6) is 0. The van der Waals surface area contributed by atoms with Crippen LogP contribution in [0.1, 0.15) is 50.8 Å². The fourth-order valence-corrected chi connectivity index (χ4v) is 4.44. The zero-order chi connectivity index (χ0) is 15.4. The molecular weight excluding hydrogens is 322 g/mol. The molecule has 0 aliphatic heterocycles. The van der Waals surface area contributed by atoms with Crippen molar-refractivity contribution < 1.29 is 0 Å². The summed E-state index contributed by atoms with van der Waals surface area (Å²) in [6, 6.07) is 8.78. The Morgan fingerprint density at radius 2 is 1.76 bits per heavy atom. The van der Waals surface area contributed by atoms with Gasteiger partial charge in [-0.25, -0.2) is 0 Å². The van der Waals surface area contributed by atoms with Crippen LogP contribution in [0.4, 0.5) is 0 Å². The predicted molar refractivity (Wildman–Crippen MR) is 92.8 cm³/mol. The van der Waals surface area contributed by atoms with Crippen molar-refractivity contribution in [3.63, 3.8) is 0 Å². The molecule has 0 atom stereocenters. The van der Waals surface area contributed by atoms with Gasteiger partial charge in [-0.05, 0) is 81.1 Å². The molecule has 1 aliphatic rings. The van der Waals surface area contributed by atoms with Gasteiger partial charge in [0.2, 0.25) is 0 Å². The van der Waals surface area contributed by atoms with Gasteiger partial charge in [0.05, 0.1) is 5.69 Å². The quantitative estimate of drug-likeness (QED) is 0.639. The van der Waals surface area contributed by atoms with Crippen molar-refractivity contribution in [3.05, 3.63) is 51.6 Å². The first kappa shape index (κ1) is 14.8. The van der Waals surface area contributed by atoms with E-state index in [-0.39, 0.29) is 10.8 Å². The summed E-state index contributed by atoms with van der Waals surface area (Å²) < 4.78 is 1.02. The monoisotopic (exact) mass is 343 g/mol. The van der Waals surface area contributed by atoms with Gasteiger partial charge in [-0.3, -0.25) is 4.98 Å². The molecule has 0 amide bonds. The summed E-state index contributed by atoms with van der Waals surface area (Å²) in [5, 5.41) is 0. The van der Waals surface area contributed by atoms with Crippen molar-refractivity contribution in [1.82, 2.24) is 4.98 Å². The number of benzene rings is 1. The zero-order valence-corrected chi connectivity index (χ0v) is 15.0. The molecule has 0 saturated heterocycles. The maximum absolute atomic E-state index is 4.55. The summed E-state index contributed by atoms with van der Waals surface area (Å²) >= 11 is 3.45. The van der Waals surface area contributed by atoms with E-state index in [9.17, 15) is 0 Å². The zero-order valence-electron chi connectivity index (χ0n) is 13.4. The third-order valence-electron chi connectivity index (χ3n) is 4.65. The molecule has 1 aliphatic carbocycles. The Kier molecular flexibility index (Phi) is 3.29. The Labute approximate surface area is 135 Å². The molecule has 0 N–H and O–H groups in total. The second-order valence-corrected chi connectivity index (χ2v) is 8.44. The molecule has 1 aromatic heterocycles. The fourth-order valence-electron chi connectivity index (χ4n) is 4.20. The van der Waals surface area contributed by atoms with Gasteiger partial charge >= 0.3 is 0 Å². The lowest BCUT2D eigenvalue weighted by Crippen LogP contribution is -2.18. The molecule has 0 fully saturated rings. The van der Waals surface area contributed by atoms with Gasteiger partial charge in [-0.2, -0.15) is 0 Å². The van der Waals surface area contributed by atoms with Gasteiger partial charge in [0, 0.05) is 16.2 Å². The van der Waals surface area contributed by atoms with E-state index in [0.29, 0.717) is 0 Å². The molecule has 0 unspecified atom stereocenters. The van der Waals surface area contributed by atoms with Crippen molar-refractivity contribution in [2.24, 2.45) is 0 Å². The SMILES string of the molecule is Cc1cc(-c2ccc(Br)cn2)cc2c1C(C)(C)CC2(C)C. The second-order valence-electron chi connectivity index (χ2n) is 7.52. The van der Waals surface area contributed by atoms with Crippen LogP contribution in [0.15, 0.2) is 34.9 Å². The Balaban J connectivity index is 2.20. The van der Waals surface area contributed by atoms with E-state index in [1.54, 1.807) is 0 Å². The molecule has 21 heavy (non-hydrogen) atoms. The lowest BCUT2D eigenvalue weighted by Gasteiger charge is -2.23. The van der Waals surface area contributed by atoms with Crippen LogP contribution < -0.4 is 0 Å². The number of aromatic nitrogens is 1. The first-order chi connectivity index (χ1) is 9.71. The van der Waals surface area contributed by atoms with Crippen LogP contribution in [0.2, 0.25) is 0 Å². The fraction of sp³-hybridized carbons (Fsp3) is 0.421. The molecule has 0 radical (unpaired) electrons. The summed E-state index contributed by atoms with van der Waals surface area (Å²) in [7, 11) is 0. The predicted octanol–water partition coefficient (Wildman–Crippen LogP) is 5.78. The van der Waals surface area contributed by atoms with E-state index in [1.165, 1.54) is 28.7 Å². The minimum absolute atomic E-state index is 0.231. The maximum atomic E-state index is 4.55. The van der Waals surface area contributed by atoms with Crippen molar-refractivity contribution in [1.29, 1.82) is 0 Å². The number of fused-ring (bicyclic) bond motifs is 1. The summed E-state index contributed by atoms with van der Waals surface area (Å²) in [6.45, 7) is 11.7. The smallest absolute Gasteiger partial charge is 0.0703 e. The highest BCUT2D eigenvalue weighted by molar-refractivity contribution is 9.10. The molecule has 110 valence electrons. The number of hydrogen-bond donors (Lipinski definition) is 0. The van der Waals surface area contributed by atoms with Crippen LogP contribution in [0.3, 0.4) is 0 Å². The molecule has 2 heteroatoms. The molecule has 0 bridgehead atoms. The molecule has 0 saturated carbocycles. The third-order valence-corrected chi connectivity index (χ3v) is 5.12. The Morgan fingerprint density at radius 1 is 1.05 bits per heavy atom. The molecular formula is C19H22BrN. The molecule has 3 rings (SSSR count). The minimum atomic E-state index is 0.231. The standard InChI is InChI=1S/C19H22BrN/c1-12-8-13(16-7-6-14(20)10-21-16)9-15-17(12)19(4,5)11-18(15,2)3/h6-10H,11H2,1-5H3. The number of halogens is 1. The number of nitrogens with zero attached hydrogens (tertiary/aromatic N) is 1. The van der Waals surface area contributed by atoms with Gasteiger partial charge in [0.1, 0.15) is 0 Å². The van der Waals surface area contributed by atoms with Gasteiger partial charge in [0.15, 0.2) is 0 Å². The van der Waals surface area contributed by atoms with Crippen LogP contribution in [0, 0.1) is 6.92 Å². The number of pyridine rings is 1. The van der Waals surface area contributed by atoms with Gasteiger partial charge < -0.3 is 0 Å². The largest absolute Gasteiger partial charge is 0.255 e. The Bertz CT molecular complexity index is 696. The van der Waals surface area contributed by atoms with E-state index in [4.69, 9.17) is 0 Å². The highest BCUT2D eigenvalue weighted by Gasteiger charge is 2.42. The Hall–Kier alpha value is -1.15. The number of aryl methyl sites for hydroxylation is 1. The van der Waals surface area contributed by atoms with Crippen molar-refractivity contribution in [2.45, 2.75) is 51.9 Å². The van der Waals surface area contributed by atoms with Crippen molar-refractivity contribution in [2.75, 3.05) is 0 Å². The van der Waals surface area contributed by atoms with Crippen LogP contribution >= 0.6 is 15.9 Å². The van der Waals surface area contributed by atoms with Crippen LogP contribution in [-0.2, 0) is 10.8 Å². The number of rotatable bonds is 1. The maximum Gasteiger partial charge on any atom is 0.0703 e. The topological polar surface area (TPSA) is 12.9 Å². The molecule has 0 spiro atoms. The van der Waals surface area contributed by atoms with Gasteiger partial charge in [0.25, 0.3) is 0 Å². The molecule has 1 heterocycles. The highest BCUT2D eigenvalue weighted by atomic mass is 79.9. The first-order valence-electron chi connectivity index (χ1n) is 7.48. The van der Waals surface area contributed by atoms with Gasteiger partial charge in [-0.15, -0.1) is 0 Å². The Morgan fingerprint density at radius 3 is 2.38 bits per heavy atom. The van der Waals surface area contributed by atoms with Crippen LogP contribution in [0.5, 0.6) is 0 Å². The van der Waals surface area contributed by atoms with Crippen LogP contribution in [0.25, 0.3) is 11.3 Å². The van der Waals surface area contributed by atoms with E-state index >= 15 is 0 Å². The normalized spacial score (nSPS) is 18.6. The molecule has 1 nitrogen and oxygen atoms in total. The van der Waals surface area contributed by atoms with Crippen molar-refractivity contribution >= 4 is 15.9 Å². The minimum Gasteiger partial charge on any atom is -0.255 e. The first-order valence-corrected chi connectivity index (χ1v) is 8.27. The summed E-state index contributed by atoms with van der Waals surface area (Å²) in [6.07, 6.45) is 3.07. The van der Waals surface area contributed by atoms with Gasteiger partial charge in [-0.1, -0.05) is 27.7 Å². The van der Waals surface area contributed by atoms with E-state index in [1.807, 2.05) is 6.20 Å². The lowest BCUT2D eigenvalue weighted by molar-refractivity contribution is 0.402. The summed E-state index contributed by atoms with van der Waals surface area (Å²) in [5.41, 5.74) is 7.18. The van der Waals surface area contributed by atoms with Crippen LogP contribution in [-0.4, -0.2) is 4.98 Å². The second kappa shape index (κ2) is 4.67. The average Bonchev–Trinajstić information content (AvgIpc) is 2.55. The van der Waals surface area contributed by atoms with E-state index in [2.05, 4.69) is 79.8 Å². The lowest BCUT2D eigenvalue weighted by atomic mass is 9.81. The third kappa shape index (κ3) is 2.44. The average molecular weight is 344 g/mol. The molecule has 1 aromatic carbocycles. The molecule has 2 aromatic rings. The van der Waals surface area contributed by atoms with E-state index in [0.717, 1.165) is 10.2 Å². The van der Waals surface area contributed by atoms with E-state index < -0.39 is 0 Å². The summed E-state index contributed by atoms with van der Waals surface area (Å²) in [4.78, 5) is 4.55. The number of hydrogen-bond acceptors (Lipinski definition) is 1. The highest BCUT2D eigenvalue weighted by Crippen LogP contribution is 2.51. The van der Waals surface area contributed by atoms with Crippen molar-refractivity contribution in [3.8, 4) is 11.3 Å².